The maximum atomic E-state index is 5.51. The number of benzene rings is 1. The van der Waals surface area contributed by atoms with E-state index in [1.807, 2.05) is 14.0 Å². The minimum atomic E-state index is 0.309. The highest BCUT2D eigenvalue weighted by atomic mass is 16.5. The largest absolute Gasteiger partial charge is 0.380 e. The van der Waals surface area contributed by atoms with E-state index in [1.165, 1.54) is 10.9 Å². The van der Waals surface area contributed by atoms with Gasteiger partial charge >= 0.3 is 0 Å². The first kappa shape index (κ1) is 14.0. The number of rotatable bonds is 7. The van der Waals surface area contributed by atoms with E-state index in [9.17, 15) is 0 Å². The number of nitrogens with zero attached hydrogens (tertiary/aromatic N) is 2. The number of hydrogen-bond donors (Lipinski definition) is 1. The molecule has 2 rings (SSSR count). The van der Waals surface area contributed by atoms with Crippen LogP contribution in [-0.4, -0.2) is 36.1 Å². The van der Waals surface area contributed by atoms with Crippen molar-refractivity contribution in [2.45, 2.75) is 32.9 Å². The third kappa shape index (κ3) is 3.14. The number of likely N-dealkylation sites (N-methyl/N-ethyl adjacent to an activating group) is 1. The SMILES string of the molecule is CCOCC(Cc1nn(CC)c2ccccc12)NC. The molecular formula is C15H23N3O. The van der Waals surface area contributed by atoms with Gasteiger partial charge in [0, 0.05) is 31.0 Å². The van der Waals surface area contributed by atoms with Gasteiger partial charge in [-0.1, -0.05) is 18.2 Å². The van der Waals surface area contributed by atoms with Crippen molar-refractivity contribution < 1.29 is 4.74 Å². The Morgan fingerprint density at radius 1 is 1.32 bits per heavy atom. The molecule has 0 aliphatic rings. The zero-order valence-corrected chi connectivity index (χ0v) is 12.0. The standard InChI is InChI=1S/C15H23N3O/c1-4-18-15-9-7-6-8-13(15)14(17-18)10-12(16-3)11-19-5-2/h6-9,12,16H,4-5,10-11H2,1-3H3. The summed E-state index contributed by atoms with van der Waals surface area (Å²) in [5.41, 5.74) is 2.36. The van der Waals surface area contributed by atoms with Gasteiger partial charge in [0.15, 0.2) is 0 Å². The van der Waals surface area contributed by atoms with Gasteiger partial charge in [-0.25, -0.2) is 0 Å². The molecule has 104 valence electrons. The molecule has 4 nitrogen and oxygen atoms in total. The van der Waals surface area contributed by atoms with E-state index in [-0.39, 0.29) is 0 Å². The Bertz CT molecular complexity index is 521. The van der Waals surface area contributed by atoms with Crippen LogP contribution in [0.15, 0.2) is 24.3 Å². The van der Waals surface area contributed by atoms with Gasteiger partial charge in [0.2, 0.25) is 0 Å². The third-order valence-electron chi connectivity index (χ3n) is 3.41. The zero-order valence-electron chi connectivity index (χ0n) is 12.0. The molecule has 1 atom stereocenters. The van der Waals surface area contributed by atoms with Crippen LogP contribution >= 0.6 is 0 Å². The van der Waals surface area contributed by atoms with E-state index in [4.69, 9.17) is 9.84 Å². The number of hydrogen-bond acceptors (Lipinski definition) is 3. The van der Waals surface area contributed by atoms with Gasteiger partial charge in [0.05, 0.1) is 17.8 Å². The van der Waals surface area contributed by atoms with Crippen molar-refractivity contribution in [1.82, 2.24) is 15.1 Å². The molecular weight excluding hydrogens is 238 g/mol. The van der Waals surface area contributed by atoms with Gasteiger partial charge in [-0.15, -0.1) is 0 Å². The molecule has 1 unspecified atom stereocenters. The first-order chi connectivity index (χ1) is 9.30. The summed E-state index contributed by atoms with van der Waals surface area (Å²) in [5.74, 6) is 0. The summed E-state index contributed by atoms with van der Waals surface area (Å²) in [6, 6.07) is 8.73. The molecule has 0 aliphatic carbocycles. The van der Waals surface area contributed by atoms with Gasteiger partial charge in [0.25, 0.3) is 0 Å². The fraction of sp³-hybridized carbons (Fsp3) is 0.533. The normalized spacial score (nSPS) is 13.0. The van der Waals surface area contributed by atoms with Crippen LogP contribution in [0, 0.1) is 0 Å². The second kappa shape index (κ2) is 6.68. The number of fused-ring (bicyclic) bond motifs is 1. The maximum absolute atomic E-state index is 5.51. The summed E-state index contributed by atoms with van der Waals surface area (Å²) in [6.07, 6.45) is 0.893. The van der Waals surface area contributed by atoms with Crippen LogP contribution in [0.3, 0.4) is 0 Å². The molecule has 19 heavy (non-hydrogen) atoms. The van der Waals surface area contributed by atoms with E-state index in [0.29, 0.717) is 6.04 Å². The lowest BCUT2D eigenvalue weighted by atomic mass is 10.1. The second-order valence-electron chi connectivity index (χ2n) is 4.63. The van der Waals surface area contributed by atoms with Crippen molar-refractivity contribution in [3.63, 3.8) is 0 Å². The van der Waals surface area contributed by atoms with Crippen molar-refractivity contribution in [3.8, 4) is 0 Å². The predicted octanol–water partition coefficient (Wildman–Crippen LogP) is 2.22. The molecule has 2 aromatic rings. The molecule has 0 aliphatic heterocycles. The molecule has 0 bridgehead atoms. The lowest BCUT2D eigenvalue weighted by molar-refractivity contribution is 0.125. The van der Waals surface area contributed by atoms with Crippen LogP contribution < -0.4 is 5.32 Å². The van der Waals surface area contributed by atoms with Crippen molar-refractivity contribution in [2.24, 2.45) is 0 Å². The summed E-state index contributed by atoms with van der Waals surface area (Å²) in [4.78, 5) is 0. The number of aromatic nitrogens is 2. The number of nitrogens with one attached hydrogen (secondary N) is 1. The molecule has 1 aromatic heterocycles. The minimum Gasteiger partial charge on any atom is -0.380 e. The molecule has 1 aromatic carbocycles. The second-order valence-corrected chi connectivity index (χ2v) is 4.63. The fourth-order valence-corrected chi connectivity index (χ4v) is 2.33. The Kier molecular flexibility index (Phi) is 4.93. The first-order valence-corrected chi connectivity index (χ1v) is 6.99. The predicted molar refractivity (Wildman–Crippen MR) is 78.5 cm³/mol. The lowest BCUT2D eigenvalue weighted by Gasteiger charge is -2.14. The van der Waals surface area contributed by atoms with Crippen LogP contribution in [0.25, 0.3) is 10.9 Å². The van der Waals surface area contributed by atoms with Gasteiger partial charge in [-0.2, -0.15) is 5.10 Å². The van der Waals surface area contributed by atoms with Gasteiger partial charge < -0.3 is 10.1 Å². The first-order valence-electron chi connectivity index (χ1n) is 6.99. The molecule has 0 radical (unpaired) electrons. The Hall–Kier alpha value is -1.39. The van der Waals surface area contributed by atoms with Crippen molar-refractivity contribution >= 4 is 10.9 Å². The molecule has 0 saturated carbocycles. The van der Waals surface area contributed by atoms with Gasteiger partial charge in [-0.05, 0) is 27.0 Å². The number of aryl methyl sites for hydroxylation is 1. The summed E-state index contributed by atoms with van der Waals surface area (Å²) < 4.78 is 7.57. The Morgan fingerprint density at radius 3 is 2.79 bits per heavy atom. The van der Waals surface area contributed by atoms with E-state index < -0.39 is 0 Å². The Balaban J connectivity index is 2.24. The fourth-order valence-electron chi connectivity index (χ4n) is 2.33. The Morgan fingerprint density at radius 2 is 2.11 bits per heavy atom. The summed E-state index contributed by atoms with van der Waals surface area (Å²) in [7, 11) is 1.97. The van der Waals surface area contributed by atoms with E-state index in [2.05, 4.69) is 41.2 Å². The molecule has 0 spiro atoms. The van der Waals surface area contributed by atoms with Crippen LogP contribution in [0.2, 0.25) is 0 Å². The molecule has 4 heteroatoms. The smallest absolute Gasteiger partial charge is 0.0719 e. The van der Waals surface area contributed by atoms with Crippen LogP contribution in [-0.2, 0) is 17.7 Å². The zero-order chi connectivity index (χ0) is 13.7. The van der Waals surface area contributed by atoms with Crippen molar-refractivity contribution in [3.05, 3.63) is 30.0 Å². The van der Waals surface area contributed by atoms with E-state index in [1.54, 1.807) is 0 Å². The minimum absolute atomic E-state index is 0.309. The van der Waals surface area contributed by atoms with Gasteiger partial charge in [-0.3, -0.25) is 4.68 Å². The maximum Gasteiger partial charge on any atom is 0.0719 e. The average Bonchev–Trinajstić information content (AvgIpc) is 2.81. The summed E-state index contributed by atoms with van der Waals surface area (Å²) >= 11 is 0. The highest BCUT2D eigenvalue weighted by Crippen LogP contribution is 2.19. The monoisotopic (exact) mass is 261 g/mol. The topological polar surface area (TPSA) is 39.1 Å². The van der Waals surface area contributed by atoms with Crippen molar-refractivity contribution in [1.29, 1.82) is 0 Å². The lowest BCUT2D eigenvalue weighted by Crippen LogP contribution is -2.32. The van der Waals surface area contributed by atoms with Crippen molar-refractivity contribution in [2.75, 3.05) is 20.3 Å². The highest BCUT2D eigenvalue weighted by Gasteiger charge is 2.14. The summed E-state index contributed by atoms with van der Waals surface area (Å²) in [5, 5.41) is 9.28. The average molecular weight is 261 g/mol. The summed E-state index contributed by atoms with van der Waals surface area (Å²) in [6.45, 7) is 6.52. The molecule has 1 N–H and O–H groups in total. The molecule has 0 fully saturated rings. The Labute approximate surface area is 114 Å². The molecule has 0 saturated heterocycles. The highest BCUT2D eigenvalue weighted by molar-refractivity contribution is 5.82. The van der Waals surface area contributed by atoms with E-state index >= 15 is 0 Å². The van der Waals surface area contributed by atoms with Crippen LogP contribution in [0.1, 0.15) is 19.5 Å². The number of ether oxygens (including phenoxy) is 1. The van der Waals surface area contributed by atoms with Gasteiger partial charge in [0.1, 0.15) is 0 Å². The van der Waals surface area contributed by atoms with Crippen LogP contribution in [0.4, 0.5) is 0 Å². The molecule has 1 heterocycles. The number of para-hydroxylation sites is 1. The van der Waals surface area contributed by atoms with Crippen LogP contribution in [0.5, 0.6) is 0 Å². The quantitative estimate of drug-likeness (QED) is 0.830. The van der Waals surface area contributed by atoms with E-state index in [0.717, 1.165) is 31.9 Å². The third-order valence-corrected chi connectivity index (χ3v) is 3.41. The molecule has 0 amide bonds.